The minimum Gasteiger partial charge on any atom is -0.383 e. The van der Waals surface area contributed by atoms with E-state index in [1.165, 1.54) is 24.4 Å². The van der Waals surface area contributed by atoms with Gasteiger partial charge in [0.2, 0.25) is 17.8 Å². The van der Waals surface area contributed by atoms with Crippen molar-refractivity contribution in [2.24, 2.45) is 5.41 Å². The molecule has 1 aromatic carbocycles. The third-order valence-corrected chi connectivity index (χ3v) is 9.08. The maximum absolute atomic E-state index is 14.7. The van der Waals surface area contributed by atoms with E-state index in [9.17, 15) is 37.9 Å². The summed E-state index contributed by atoms with van der Waals surface area (Å²) in [5, 5.41) is 21.9. The number of aliphatic hydroxyl groups excluding tert-OH is 1. The number of nitriles is 1. The van der Waals surface area contributed by atoms with Crippen LogP contribution in [0.2, 0.25) is 0 Å². The molecule has 1 aromatic heterocycles. The second-order valence-electron chi connectivity index (χ2n) is 11.6. The lowest BCUT2D eigenvalue weighted by molar-refractivity contribution is -0.130. The first kappa shape index (κ1) is 32.1. The molecule has 2 heterocycles. The minimum atomic E-state index is -2.85. The number of halogens is 4. The number of nitrogens with zero attached hydrogens (tertiary/aromatic N) is 5. The number of rotatable bonds is 7. The summed E-state index contributed by atoms with van der Waals surface area (Å²) in [6, 6.07) is 4.46. The smallest absolute Gasteiger partial charge is 0.259 e. The van der Waals surface area contributed by atoms with E-state index in [2.05, 4.69) is 15.3 Å². The Morgan fingerprint density at radius 3 is 2.64 bits per heavy atom. The normalized spacial score (nSPS) is 26.7. The molecule has 10 nitrogen and oxygen atoms in total. The van der Waals surface area contributed by atoms with Crippen LogP contribution < -0.4 is 15.1 Å². The summed E-state index contributed by atoms with van der Waals surface area (Å²) in [4.78, 5) is 52.2. The largest absolute Gasteiger partial charge is 0.383 e. The Morgan fingerprint density at radius 1 is 1.24 bits per heavy atom. The van der Waals surface area contributed by atoms with Gasteiger partial charge in [0.05, 0.1) is 5.38 Å². The van der Waals surface area contributed by atoms with Crippen LogP contribution in [0.4, 0.5) is 24.8 Å². The van der Waals surface area contributed by atoms with Crippen molar-refractivity contribution < 1.29 is 32.7 Å². The van der Waals surface area contributed by atoms with Gasteiger partial charge in [-0.25, -0.2) is 23.1 Å². The predicted molar refractivity (Wildman–Crippen MR) is 158 cm³/mol. The van der Waals surface area contributed by atoms with E-state index in [4.69, 9.17) is 11.6 Å². The van der Waals surface area contributed by atoms with Gasteiger partial charge in [-0.3, -0.25) is 24.2 Å². The van der Waals surface area contributed by atoms with Crippen LogP contribution >= 0.6 is 11.6 Å². The van der Waals surface area contributed by atoms with E-state index in [1.807, 2.05) is 6.07 Å². The van der Waals surface area contributed by atoms with Gasteiger partial charge < -0.3 is 10.4 Å². The van der Waals surface area contributed by atoms with Crippen LogP contribution in [0, 0.1) is 22.6 Å². The molecule has 236 valence electrons. The number of alkyl halides is 3. The fourth-order valence-corrected chi connectivity index (χ4v) is 6.28. The molecular formula is C31H30ClF3N6O4. The van der Waals surface area contributed by atoms with Crippen LogP contribution in [0.1, 0.15) is 44.7 Å². The first-order valence-corrected chi connectivity index (χ1v) is 14.8. The lowest BCUT2D eigenvalue weighted by Gasteiger charge is -2.45. The highest BCUT2D eigenvalue weighted by Gasteiger charge is 2.53. The Balaban J connectivity index is 1.62. The third-order valence-electron chi connectivity index (χ3n) is 8.46. The van der Waals surface area contributed by atoms with Crippen molar-refractivity contribution in [1.82, 2.24) is 15.3 Å². The lowest BCUT2D eigenvalue weighted by Crippen LogP contribution is -2.63. The predicted octanol–water partition coefficient (Wildman–Crippen LogP) is 3.79. The Morgan fingerprint density at radius 2 is 1.98 bits per heavy atom. The SMILES string of the molecule is CC1([C@@H](C(=O)NC2CCC(F)(F)CC2)N(C(=O)[C@@H]2C[C@@H](O)C(=O)N2c2nccc(C#N)n2)c2cccc(F)c2)C=CC=CC1Cl. The zero-order chi connectivity index (χ0) is 32.5. The minimum absolute atomic E-state index is 0.000198. The molecule has 14 heteroatoms. The molecule has 0 spiro atoms. The maximum atomic E-state index is 14.7. The van der Waals surface area contributed by atoms with Crippen molar-refractivity contribution in [3.05, 3.63) is 72.3 Å². The van der Waals surface area contributed by atoms with Gasteiger partial charge in [0.15, 0.2) is 0 Å². The Bertz CT molecular complexity index is 1590. The van der Waals surface area contributed by atoms with E-state index in [0.717, 1.165) is 21.9 Å². The van der Waals surface area contributed by atoms with Crippen molar-refractivity contribution in [2.45, 2.75) is 74.6 Å². The second-order valence-corrected chi connectivity index (χ2v) is 12.0. The number of hydrogen-bond acceptors (Lipinski definition) is 7. The standard InChI is InChI=1S/C31H30ClF3N6O4/c1-30(11-3-2-7-24(30)32)25(26(43)38-19-8-12-31(34,35)13-9-19)40(21-6-4-5-18(33)15-21)27(44)22-16-23(42)28(45)41(22)29-37-14-10-20(17-36)39-29/h2-7,10-11,14-15,19,22-25,42H,8-9,12-13,16H2,1H3,(H,38,43)/t22-,23+,24?,25+,30?/m0/s1. The van der Waals surface area contributed by atoms with Gasteiger partial charge in [0.1, 0.15) is 35.8 Å². The Labute approximate surface area is 262 Å². The summed E-state index contributed by atoms with van der Waals surface area (Å²) in [5.41, 5.74) is -1.48. The van der Waals surface area contributed by atoms with E-state index < -0.39 is 83.7 Å². The molecule has 2 unspecified atom stereocenters. The molecule has 3 amide bonds. The van der Waals surface area contributed by atoms with E-state index in [-0.39, 0.29) is 30.2 Å². The van der Waals surface area contributed by atoms with Crippen molar-refractivity contribution >= 4 is 41.0 Å². The van der Waals surface area contributed by atoms with Gasteiger partial charge in [-0.05, 0) is 37.1 Å². The summed E-state index contributed by atoms with van der Waals surface area (Å²) in [5.74, 6) is -6.42. The average molecular weight is 643 g/mol. The van der Waals surface area contributed by atoms with E-state index in [0.29, 0.717) is 0 Å². The number of aliphatic hydroxyl groups is 1. The highest BCUT2D eigenvalue weighted by atomic mass is 35.5. The van der Waals surface area contributed by atoms with Crippen LogP contribution in [0.3, 0.4) is 0 Å². The molecule has 2 fully saturated rings. The van der Waals surface area contributed by atoms with Gasteiger partial charge in [-0.1, -0.05) is 37.3 Å². The molecule has 5 rings (SSSR count). The summed E-state index contributed by atoms with van der Waals surface area (Å²) >= 11 is 6.79. The number of aromatic nitrogens is 2. The van der Waals surface area contributed by atoms with Gasteiger partial charge in [-0.2, -0.15) is 5.26 Å². The number of anilines is 2. The molecule has 45 heavy (non-hydrogen) atoms. The molecule has 1 saturated carbocycles. The highest BCUT2D eigenvalue weighted by Crippen LogP contribution is 2.42. The van der Waals surface area contributed by atoms with Crippen molar-refractivity contribution in [3.8, 4) is 6.07 Å². The molecule has 0 bridgehead atoms. The fraction of sp³-hybridized carbons (Fsp3) is 0.419. The summed E-state index contributed by atoms with van der Waals surface area (Å²) < 4.78 is 42.6. The van der Waals surface area contributed by atoms with Crippen LogP contribution in [0.25, 0.3) is 0 Å². The number of hydrogen-bond donors (Lipinski definition) is 2. The topological polar surface area (TPSA) is 140 Å². The third kappa shape index (κ3) is 6.43. The number of amides is 3. The monoisotopic (exact) mass is 642 g/mol. The Kier molecular flexibility index (Phi) is 9.00. The van der Waals surface area contributed by atoms with Gasteiger partial charge >= 0.3 is 0 Å². The number of allylic oxidation sites excluding steroid dienone is 3. The number of carbonyl (C=O) groups excluding carboxylic acids is 3. The van der Waals surface area contributed by atoms with Crippen LogP contribution in [-0.2, 0) is 14.4 Å². The zero-order valence-corrected chi connectivity index (χ0v) is 24.9. The highest BCUT2D eigenvalue weighted by molar-refractivity contribution is 6.23. The zero-order valence-electron chi connectivity index (χ0n) is 24.1. The van der Waals surface area contributed by atoms with Gasteiger partial charge in [0, 0.05) is 42.6 Å². The Hall–Kier alpha value is -4.28. The summed E-state index contributed by atoms with van der Waals surface area (Å²) in [6.07, 6.45) is 4.86. The molecular weight excluding hydrogens is 613 g/mol. The molecule has 5 atom stereocenters. The quantitative estimate of drug-likeness (QED) is 0.438. The van der Waals surface area contributed by atoms with Crippen molar-refractivity contribution in [1.29, 1.82) is 5.26 Å². The summed E-state index contributed by atoms with van der Waals surface area (Å²) in [7, 11) is 0. The molecule has 2 aliphatic carbocycles. The summed E-state index contributed by atoms with van der Waals surface area (Å²) in [6.45, 7) is 1.63. The molecule has 2 N–H and O–H groups in total. The first-order chi connectivity index (χ1) is 21.3. The number of benzene rings is 1. The van der Waals surface area contributed by atoms with Gasteiger partial charge in [-0.15, -0.1) is 11.6 Å². The average Bonchev–Trinajstić information content (AvgIpc) is 3.31. The molecule has 3 aliphatic rings. The molecule has 2 aromatic rings. The van der Waals surface area contributed by atoms with Gasteiger partial charge in [0.25, 0.3) is 11.8 Å². The number of nitrogens with one attached hydrogen (secondary N) is 1. The second kappa shape index (κ2) is 12.6. The van der Waals surface area contributed by atoms with E-state index in [1.54, 1.807) is 31.2 Å². The van der Waals surface area contributed by atoms with E-state index >= 15 is 0 Å². The van der Waals surface area contributed by atoms with Crippen molar-refractivity contribution in [2.75, 3.05) is 9.80 Å². The maximum Gasteiger partial charge on any atom is 0.259 e. The van der Waals surface area contributed by atoms with Crippen molar-refractivity contribution in [3.63, 3.8) is 0 Å². The van der Waals surface area contributed by atoms with Crippen LogP contribution in [0.5, 0.6) is 0 Å². The molecule has 0 radical (unpaired) electrons. The fourth-order valence-electron chi connectivity index (χ4n) is 6.01. The van der Waals surface area contributed by atoms with Crippen LogP contribution in [-0.4, -0.2) is 68.3 Å². The van der Waals surface area contributed by atoms with Crippen LogP contribution in [0.15, 0.2) is 60.8 Å². The molecule has 1 saturated heterocycles. The molecule has 1 aliphatic heterocycles. The lowest BCUT2D eigenvalue weighted by atomic mass is 9.74. The number of carbonyl (C=O) groups is 3. The first-order valence-electron chi connectivity index (χ1n) is 14.4.